The molecule has 0 aliphatic rings. The Balaban J connectivity index is 2.35. The lowest BCUT2D eigenvalue weighted by Gasteiger charge is -2.20. The van der Waals surface area contributed by atoms with Crippen LogP contribution in [0.5, 0.6) is 0 Å². The number of aliphatic hydroxyl groups excluding tert-OH is 2. The van der Waals surface area contributed by atoms with Crippen LogP contribution in [0.25, 0.3) is 0 Å². The van der Waals surface area contributed by atoms with Crippen molar-refractivity contribution in [2.75, 3.05) is 26.4 Å². The van der Waals surface area contributed by atoms with E-state index in [1.54, 1.807) is 18.2 Å². The van der Waals surface area contributed by atoms with Crippen LogP contribution < -0.4 is 5.73 Å². The van der Waals surface area contributed by atoms with Crippen molar-refractivity contribution in [1.82, 2.24) is 0 Å². The second-order valence-corrected chi connectivity index (χ2v) is 16.3. The van der Waals surface area contributed by atoms with Gasteiger partial charge in [0.15, 0.2) is 6.10 Å². The van der Waals surface area contributed by atoms with Crippen molar-refractivity contribution in [2.45, 2.75) is 174 Å². The molecule has 0 radical (unpaired) electrons. The van der Waals surface area contributed by atoms with Gasteiger partial charge < -0.3 is 34.7 Å². The molecule has 1 aromatic rings. The topological polar surface area (TPSA) is 188 Å². The van der Waals surface area contributed by atoms with E-state index in [4.69, 9.17) is 28.7 Å². The van der Waals surface area contributed by atoms with Gasteiger partial charge in [-0.25, -0.2) is 4.57 Å². The zero-order valence-electron chi connectivity index (χ0n) is 36.0. The van der Waals surface area contributed by atoms with E-state index in [9.17, 15) is 29.3 Å². The monoisotopic (exact) mass is 838 g/mol. The lowest BCUT2D eigenvalue weighted by atomic mass is 10.0. The lowest BCUT2D eigenvalue weighted by molar-refractivity contribution is -0.161. The van der Waals surface area contributed by atoms with Crippen molar-refractivity contribution in [3.05, 3.63) is 71.3 Å². The molecule has 332 valence electrons. The number of carbonyl (C=O) groups excluding carboxylic acids is 2. The molecule has 0 saturated carbocycles. The number of furan rings is 1. The van der Waals surface area contributed by atoms with Crippen LogP contribution in [-0.4, -0.2) is 71.7 Å². The Hall–Kier alpha value is -2.83. The van der Waals surface area contributed by atoms with Crippen molar-refractivity contribution in [2.24, 2.45) is 5.73 Å². The normalized spacial score (nSPS) is 14.8. The minimum absolute atomic E-state index is 0.00806. The third kappa shape index (κ3) is 27.8. The molecule has 5 N–H and O–H groups in total. The summed E-state index contributed by atoms with van der Waals surface area (Å²) in [6, 6.07) is 0. The van der Waals surface area contributed by atoms with Crippen molar-refractivity contribution in [3.63, 3.8) is 0 Å². The fraction of sp³-hybridized carbons (Fsp3) is 0.689. The maximum absolute atomic E-state index is 12.6. The van der Waals surface area contributed by atoms with Crippen LogP contribution in [-0.2, 0) is 45.5 Å². The second-order valence-electron chi connectivity index (χ2n) is 14.8. The summed E-state index contributed by atoms with van der Waals surface area (Å²) in [6.07, 6.45) is 29.2. The molecule has 12 nitrogen and oxygen atoms in total. The van der Waals surface area contributed by atoms with Gasteiger partial charge in [0.05, 0.1) is 25.4 Å². The Morgan fingerprint density at radius 1 is 0.707 bits per heavy atom. The summed E-state index contributed by atoms with van der Waals surface area (Å²) in [6.45, 7) is 7.55. The summed E-state index contributed by atoms with van der Waals surface area (Å²) < 4.78 is 38.7. The quantitative estimate of drug-likeness (QED) is 0.0217. The van der Waals surface area contributed by atoms with E-state index in [-0.39, 0.29) is 32.6 Å². The van der Waals surface area contributed by atoms with Crippen LogP contribution in [0.4, 0.5) is 0 Å². The number of unbranched alkanes of at least 4 members (excludes halogenated alkanes) is 9. The first-order chi connectivity index (χ1) is 27.9. The summed E-state index contributed by atoms with van der Waals surface area (Å²) in [4.78, 5) is 35.0. The highest BCUT2D eigenvalue weighted by atomic mass is 31.2. The predicted molar refractivity (Wildman–Crippen MR) is 230 cm³/mol. The molecule has 1 aromatic heterocycles. The third-order valence-electron chi connectivity index (χ3n) is 9.60. The Morgan fingerprint density at radius 2 is 1.28 bits per heavy atom. The Labute approximate surface area is 348 Å². The molecule has 0 bridgehead atoms. The fourth-order valence-electron chi connectivity index (χ4n) is 6.07. The smallest absolute Gasteiger partial charge is 0.466 e. The van der Waals surface area contributed by atoms with E-state index in [0.29, 0.717) is 25.7 Å². The average Bonchev–Trinajstić information content (AvgIpc) is 3.46. The lowest BCUT2D eigenvalue weighted by Crippen LogP contribution is -2.29. The number of rotatable bonds is 36. The average molecular weight is 838 g/mol. The van der Waals surface area contributed by atoms with E-state index >= 15 is 0 Å². The van der Waals surface area contributed by atoms with Gasteiger partial charge in [-0.15, -0.1) is 0 Å². The van der Waals surface area contributed by atoms with E-state index in [1.165, 1.54) is 17.5 Å². The number of hydrogen-bond acceptors (Lipinski definition) is 11. The maximum atomic E-state index is 12.6. The first kappa shape index (κ1) is 53.2. The number of aliphatic hydroxyl groups is 2. The SMILES string of the molecule is CCCCC[C@@H](O)/C=C/C=C\C/C=C\C=C\[C@@H](O)CCCC(=O)O[C@H](COC(=O)CCCCCCCCCCc1oc(CCC)c(C)c1C)COP(=O)(O)OCCN. The molecule has 0 amide bonds. The molecule has 0 spiro atoms. The second kappa shape index (κ2) is 33.9. The van der Waals surface area contributed by atoms with Crippen molar-refractivity contribution in [1.29, 1.82) is 0 Å². The zero-order chi connectivity index (χ0) is 42.9. The van der Waals surface area contributed by atoms with E-state index < -0.39 is 44.7 Å². The minimum Gasteiger partial charge on any atom is -0.466 e. The molecule has 0 aliphatic heterocycles. The van der Waals surface area contributed by atoms with Gasteiger partial charge in [0.1, 0.15) is 18.1 Å². The highest BCUT2D eigenvalue weighted by Crippen LogP contribution is 2.43. The molecule has 0 aliphatic carbocycles. The molecule has 58 heavy (non-hydrogen) atoms. The first-order valence-corrected chi connectivity index (χ1v) is 23.2. The van der Waals surface area contributed by atoms with Gasteiger partial charge in [-0.2, -0.15) is 0 Å². The van der Waals surface area contributed by atoms with Crippen LogP contribution in [0.15, 0.2) is 53.0 Å². The Bertz CT molecular complexity index is 1400. The van der Waals surface area contributed by atoms with Gasteiger partial charge in [0, 0.05) is 32.2 Å². The number of esters is 2. The van der Waals surface area contributed by atoms with Crippen LogP contribution in [0, 0.1) is 13.8 Å². The molecular formula is C45H76NO11P. The van der Waals surface area contributed by atoms with Crippen LogP contribution in [0.1, 0.15) is 152 Å². The maximum Gasteiger partial charge on any atom is 0.472 e. The van der Waals surface area contributed by atoms with Gasteiger partial charge in [-0.3, -0.25) is 18.6 Å². The highest BCUT2D eigenvalue weighted by Gasteiger charge is 2.26. The van der Waals surface area contributed by atoms with E-state index in [2.05, 4.69) is 27.7 Å². The van der Waals surface area contributed by atoms with E-state index in [0.717, 1.165) is 95.0 Å². The largest absolute Gasteiger partial charge is 0.472 e. The molecule has 0 fully saturated rings. The summed E-state index contributed by atoms with van der Waals surface area (Å²) in [5.74, 6) is 1.18. The minimum atomic E-state index is -4.46. The summed E-state index contributed by atoms with van der Waals surface area (Å²) >= 11 is 0. The molecule has 0 saturated heterocycles. The molecule has 1 rings (SSSR count). The van der Waals surface area contributed by atoms with Crippen LogP contribution in [0.3, 0.4) is 0 Å². The molecule has 13 heteroatoms. The first-order valence-electron chi connectivity index (χ1n) is 21.7. The number of carbonyl (C=O) groups is 2. The number of phosphoric ester groups is 1. The van der Waals surface area contributed by atoms with Gasteiger partial charge >= 0.3 is 19.8 Å². The fourth-order valence-corrected chi connectivity index (χ4v) is 6.84. The Morgan fingerprint density at radius 3 is 1.88 bits per heavy atom. The standard InChI is InChI=1S/C45H76NO11P/c1-5-7-19-26-39(47)27-20-15-11-10-12-16-21-28-40(48)29-24-32-45(50)56-41(36-55-58(51,52)54-34-33-46)35-53-44(49)31-23-18-14-9-8-13-17-22-30-43-38(4)37(3)42(57-43)25-6-2/h11-12,15-16,20-21,27-28,39-41,47-48H,5-10,13-14,17-19,22-26,29-36,46H2,1-4H3,(H,51,52)/b15-11-,16-12-,27-20+,28-21+/t39-,40-,41-/m1/s1. The number of phosphoric acid groups is 1. The predicted octanol–water partition coefficient (Wildman–Crippen LogP) is 9.54. The van der Waals surface area contributed by atoms with Gasteiger partial charge in [-0.05, 0) is 69.9 Å². The number of nitrogens with two attached hydrogens (primary N) is 1. The number of ether oxygens (including phenoxy) is 2. The number of aryl methyl sites for hydroxylation is 2. The molecular weight excluding hydrogens is 761 g/mol. The third-order valence-corrected chi connectivity index (χ3v) is 10.6. The molecule has 4 atom stereocenters. The van der Waals surface area contributed by atoms with Crippen LogP contribution in [0.2, 0.25) is 0 Å². The summed E-state index contributed by atoms with van der Waals surface area (Å²) in [7, 11) is -4.46. The van der Waals surface area contributed by atoms with Crippen molar-refractivity contribution < 1.29 is 52.2 Å². The Kier molecular flexibility index (Phi) is 31.1. The van der Waals surface area contributed by atoms with Crippen LogP contribution >= 0.6 is 7.82 Å². The summed E-state index contributed by atoms with van der Waals surface area (Å²) in [5, 5.41) is 20.2. The number of hydrogen-bond donors (Lipinski definition) is 4. The summed E-state index contributed by atoms with van der Waals surface area (Å²) in [5.41, 5.74) is 7.93. The van der Waals surface area contributed by atoms with Gasteiger partial charge in [-0.1, -0.05) is 120 Å². The zero-order valence-corrected chi connectivity index (χ0v) is 36.8. The van der Waals surface area contributed by atoms with Gasteiger partial charge in [0.25, 0.3) is 0 Å². The van der Waals surface area contributed by atoms with Crippen molar-refractivity contribution >= 4 is 19.8 Å². The highest BCUT2D eigenvalue weighted by molar-refractivity contribution is 7.47. The molecule has 1 heterocycles. The van der Waals surface area contributed by atoms with Gasteiger partial charge in [0.2, 0.25) is 0 Å². The molecule has 1 unspecified atom stereocenters. The number of allylic oxidation sites excluding steroid dienone is 6. The van der Waals surface area contributed by atoms with Crippen molar-refractivity contribution in [3.8, 4) is 0 Å². The van der Waals surface area contributed by atoms with E-state index in [1.807, 2.05) is 30.4 Å². The molecule has 0 aromatic carbocycles.